The van der Waals surface area contributed by atoms with Crippen molar-refractivity contribution >= 4 is 17.6 Å². The zero-order valence-electron chi connectivity index (χ0n) is 9.77. The lowest BCUT2D eigenvalue weighted by atomic mass is 10.2. The summed E-state index contributed by atoms with van der Waals surface area (Å²) in [6, 6.07) is 6.23. The monoisotopic (exact) mass is 237 g/mol. The fourth-order valence-corrected chi connectivity index (χ4v) is 1.21. The molecule has 0 aliphatic rings. The summed E-state index contributed by atoms with van der Waals surface area (Å²) in [7, 11) is 0. The maximum Gasteiger partial charge on any atom is 0.337 e. The van der Waals surface area contributed by atoms with Gasteiger partial charge in [-0.25, -0.2) is 4.79 Å². The van der Waals surface area contributed by atoms with Crippen molar-refractivity contribution < 1.29 is 19.4 Å². The van der Waals surface area contributed by atoms with Crippen LogP contribution in [0, 0.1) is 0 Å². The van der Waals surface area contributed by atoms with E-state index in [-0.39, 0.29) is 29.9 Å². The topological polar surface area (TPSA) is 75.6 Å². The Morgan fingerprint density at radius 2 is 2.00 bits per heavy atom. The highest BCUT2D eigenvalue weighted by Gasteiger charge is 2.11. The van der Waals surface area contributed by atoms with Crippen molar-refractivity contribution in [2.45, 2.75) is 20.0 Å². The maximum absolute atomic E-state index is 11.5. The number of aromatic carboxylic acids is 1. The van der Waals surface area contributed by atoms with Gasteiger partial charge < -0.3 is 15.2 Å². The Balaban J connectivity index is 2.68. The van der Waals surface area contributed by atoms with Crippen LogP contribution in [0.4, 0.5) is 5.69 Å². The maximum atomic E-state index is 11.5. The number of para-hydroxylation sites is 1. The largest absolute Gasteiger partial charge is 0.478 e. The van der Waals surface area contributed by atoms with Crippen LogP contribution in [0.5, 0.6) is 0 Å². The smallest absolute Gasteiger partial charge is 0.337 e. The molecule has 0 aromatic heterocycles. The number of carbonyl (C=O) groups excluding carboxylic acids is 1. The predicted octanol–water partition coefficient (Wildman–Crippen LogP) is 1.75. The van der Waals surface area contributed by atoms with Gasteiger partial charge in [-0.2, -0.15) is 0 Å². The lowest BCUT2D eigenvalue weighted by Crippen LogP contribution is -2.21. The first kappa shape index (κ1) is 13.2. The second-order valence-corrected chi connectivity index (χ2v) is 3.76. The van der Waals surface area contributed by atoms with Crippen molar-refractivity contribution in [3.63, 3.8) is 0 Å². The van der Waals surface area contributed by atoms with Gasteiger partial charge in [0.25, 0.3) is 0 Å². The summed E-state index contributed by atoms with van der Waals surface area (Å²) in [5.74, 6) is -1.45. The average Bonchev–Trinajstić information content (AvgIpc) is 2.27. The molecule has 0 fully saturated rings. The molecule has 0 saturated heterocycles. The Bertz CT molecular complexity index is 415. The molecule has 0 unspecified atom stereocenters. The number of anilines is 1. The van der Waals surface area contributed by atoms with Crippen LogP contribution < -0.4 is 5.32 Å². The fourth-order valence-electron chi connectivity index (χ4n) is 1.21. The molecule has 0 aliphatic carbocycles. The van der Waals surface area contributed by atoms with E-state index in [4.69, 9.17) is 9.84 Å². The highest BCUT2D eigenvalue weighted by molar-refractivity contribution is 6.00. The minimum atomic E-state index is -1.08. The van der Waals surface area contributed by atoms with Gasteiger partial charge >= 0.3 is 5.97 Å². The third kappa shape index (κ3) is 4.24. The molecule has 0 bridgehead atoms. The molecule has 1 rings (SSSR count). The number of nitrogens with one attached hydrogen (secondary N) is 1. The Labute approximate surface area is 99.4 Å². The molecule has 0 radical (unpaired) electrons. The van der Waals surface area contributed by atoms with Gasteiger partial charge in [0.2, 0.25) is 5.91 Å². The van der Waals surface area contributed by atoms with Crippen LogP contribution in [0.25, 0.3) is 0 Å². The van der Waals surface area contributed by atoms with E-state index in [0.29, 0.717) is 0 Å². The van der Waals surface area contributed by atoms with Gasteiger partial charge in [-0.15, -0.1) is 0 Å². The van der Waals surface area contributed by atoms with Crippen LogP contribution in [0.1, 0.15) is 24.2 Å². The van der Waals surface area contributed by atoms with E-state index in [9.17, 15) is 9.59 Å². The molecular formula is C12H15NO4. The van der Waals surface area contributed by atoms with Gasteiger partial charge in [0, 0.05) is 0 Å². The lowest BCUT2D eigenvalue weighted by Gasteiger charge is -2.10. The summed E-state index contributed by atoms with van der Waals surface area (Å²) in [5, 5.41) is 11.4. The van der Waals surface area contributed by atoms with Gasteiger partial charge in [0.15, 0.2) is 0 Å². The third-order valence-electron chi connectivity index (χ3n) is 1.98. The first-order chi connectivity index (χ1) is 8.00. The quantitative estimate of drug-likeness (QED) is 0.818. The van der Waals surface area contributed by atoms with Crippen molar-refractivity contribution in [1.82, 2.24) is 0 Å². The van der Waals surface area contributed by atoms with Gasteiger partial charge in [0.05, 0.1) is 17.4 Å². The highest BCUT2D eigenvalue weighted by Crippen LogP contribution is 2.14. The standard InChI is InChI=1S/C12H15NO4/c1-8(2)17-7-11(14)13-10-6-4-3-5-9(10)12(15)16/h3-6,8H,7H2,1-2H3,(H,13,14)(H,15,16). The number of carboxylic acid groups (broad SMARTS) is 1. The summed E-state index contributed by atoms with van der Waals surface area (Å²) in [5.41, 5.74) is 0.336. The number of hydrogen-bond acceptors (Lipinski definition) is 3. The molecule has 0 atom stereocenters. The van der Waals surface area contributed by atoms with Crippen LogP contribution in [-0.2, 0) is 9.53 Å². The molecule has 1 amide bonds. The first-order valence-electron chi connectivity index (χ1n) is 5.24. The average molecular weight is 237 g/mol. The molecule has 0 spiro atoms. The van der Waals surface area contributed by atoms with Crippen molar-refractivity contribution in [3.8, 4) is 0 Å². The fraction of sp³-hybridized carbons (Fsp3) is 0.333. The molecule has 5 nitrogen and oxygen atoms in total. The number of carbonyl (C=O) groups is 2. The molecular weight excluding hydrogens is 222 g/mol. The highest BCUT2D eigenvalue weighted by atomic mass is 16.5. The molecule has 0 aliphatic heterocycles. The molecule has 2 N–H and O–H groups in total. The second-order valence-electron chi connectivity index (χ2n) is 3.76. The van der Waals surface area contributed by atoms with Gasteiger partial charge in [-0.1, -0.05) is 12.1 Å². The Hall–Kier alpha value is -1.88. The molecule has 5 heteroatoms. The third-order valence-corrected chi connectivity index (χ3v) is 1.98. The minimum absolute atomic E-state index is 0.0459. The zero-order valence-corrected chi connectivity index (χ0v) is 9.77. The number of carboxylic acids is 1. The molecule has 0 saturated carbocycles. The Morgan fingerprint density at radius 1 is 1.35 bits per heavy atom. The van der Waals surface area contributed by atoms with Crippen molar-refractivity contribution in [2.24, 2.45) is 0 Å². The number of rotatable bonds is 5. The number of benzene rings is 1. The van der Waals surface area contributed by atoms with E-state index in [1.165, 1.54) is 12.1 Å². The summed E-state index contributed by atoms with van der Waals surface area (Å²) in [6.45, 7) is 3.54. The van der Waals surface area contributed by atoms with Gasteiger partial charge in [0.1, 0.15) is 6.61 Å². The number of amides is 1. The van der Waals surface area contributed by atoms with E-state index in [0.717, 1.165) is 0 Å². The van der Waals surface area contributed by atoms with E-state index >= 15 is 0 Å². The second kappa shape index (κ2) is 6.00. The Morgan fingerprint density at radius 3 is 2.59 bits per heavy atom. The Kier molecular flexibility index (Phi) is 4.66. The van der Waals surface area contributed by atoms with Gasteiger partial charge in [-0.05, 0) is 26.0 Å². The summed E-state index contributed by atoms with van der Waals surface area (Å²) in [4.78, 5) is 22.3. The predicted molar refractivity (Wildman–Crippen MR) is 63.1 cm³/mol. The zero-order chi connectivity index (χ0) is 12.8. The molecule has 17 heavy (non-hydrogen) atoms. The van der Waals surface area contributed by atoms with Crippen molar-refractivity contribution in [1.29, 1.82) is 0 Å². The van der Waals surface area contributed by atoms with Crippen LogP contribution in [0.15, 0.2) is 24.3 Å². The summed E-state index contributed by atoms with van der Waals surface area (Å²) >= 11 is 0. The molecule has 1 aromatic carbocycles. The normalized spacial score (nSPS) is 10.3. The van der Waals surface area contributed by atoms with Crippen LogP contribution in [-0.4, -0.2) is 29.7 Å². The van der Waals surface area contributed by atoms with Crippen LogP contribution in [0.3, 0.4) is 0 Å². The number of ether oxygens (including phenoxy) is 1. The van der Waals surface area contributed by atoms with Crippen molar-refractivity contribution in [2.75, 3.05) is 11.9 Å². The molecule has 1 aromatic rings. The molecule has 92 valence electrons. The summed E-state index contributed by atoms with van der Waals surface area (Å²) < 4.78 is 5.12. The van der Waals surface area contributed by atoms with E-state index in [1.807, 2.05) is 13.8 Å². The SMILES string of the molecule is CC(C)OCC(=O)Nc1ccccc1C(=O)O. The van der Waals surface area contributed by atoms with Crippen molar-refractivity contribution in [3.05, 3.63) is 29.8 Å². The molecule has 0 heterocycles. The van der Waals surface area contributed by atoms with Gasteiger partial charge in [-0.3, -0.25) is 4.79 Å². The minimum Gasteiger partial charge on any atom is -0.478 e. The van der Waals surface area contributed by atoms with Crippen LogP contribution >= 0.6 is 0 Å². The first-order valence-corrected chi connectivity index (χ1v) is 5.24. The summed E-state index contributed by atoms with van der Waals surface area (Å²) in [6.07, 6.45) is -0.0459. The van der Waals surface area contributed by atoms with E-state index in [1.54, 1.807) is 12.1 Å². The lowest BCUT2D eigenvalue weighted by molar-refractivity contribution is -0.121. The van der Waals surface area contributed by atoms with Crippen LogP contribution in [0.2, 0.25) is 0 Å². The number of hydrogen-bond donors (Lipinski definition) is 2. The van der Waals surface area contributed by atoms with E-state index in [2.05, 4.69) is 5.32 Å². The van der Waals surface area contributed by atoms with E-state index < -0.39 is 5.97 Å².